The van der Waals surface area contributed by atoms with Crippen molar-refractivity contribution < 1.29 is 4.79 Å². The molecule has 120 valence electrons. The predicted molar refractivity (Wildman–Crippen MR) is 94.5 cm³/mol. The predicted octanol–water partition coefficient (Wildman–Crippen LogP) is 4.19. The van der Waals surface area contributed by atoms with Gasteiger partial charge in [-0.1, -0.05) is 48.0 Å². The van der Waals surface area contributed by atoms with Crippen LogP contribution in [0.3, 0.4) is 0 Å². The van der Waals surface area contributed by atoms with E-state index >= 15 is 0 Å². The number of rotatable bonds is 4. The van der Waals surface area contributed by atoms with Crippen LogP contribution in [0.1, 0.15) is 18.4 Å². The molecule has 0 unspecified atom stereocenters. The highest BCUT2D eigenvalue weighted by atomic mass is 35.5. The fourth-order valence-corrected chi connectivity index (χ4v) is 3.26. The first-order valence-electron chi connectivity index (χ1n) is 8.03. The van der Waals surface area contributed by atoms with Gasteiger partial charge in [0.1, 0.15) is 0 Å². The van der Waals surface area contributed by atoms with Crippen molar-refractivity contribution in [1.29, 1.82) is 0 Å². The first kappa shape index (κ1) is 16.0. The molecule has 2 aromatic rings. The monoisotopic (exact) mass is 328 g/mol. The van der Waals surface area contributed by atoms with Gasteiger partial charge in [-0.15, -0.1) is 0 Å². The first-order valence-corrected chi connectivity index (χ1v) is 8.41. The second-order valence-corrected chi connectivity index (χ2v) is 6.50. The summed E-state index contributed by atoms with van der Waals surface area (Å²) in [5, 5.41) is 3.62. The van der Waals surface area contributed by atoms with Gasteiger partial charge < -0.3 is 5.32 Å². The first-order chi connectivity index (χ1) is 11.2. The molecule has 1 aliphatic heterocycles. The number of anilines is 1. The van der Waals surface area contributed by atoms with Crippen LogP contribution in [0.25, 0.3) is 0 Å². The smallest absolute Gasteiger partial charge is 0.228 e. The molecule has 1 aliphatic rings. The Labute approximate surface area is 142 Å². The number of carbonyl (C=O) groups excluding carboxylic acids is 1. The molecule has 23 heavy (non-hydrogen) atoms. The molecule has 1 amide bonds. The van der Waals surface area contributed by atoms with E-state index in [0.29, 0.717) is 5.02 Å². The van der Waals surface area contributed by atoms with Crippen molar-refractivity contribution in [2.75, 3.05) is 18.4 Å². The summed E-state index contributed by atoms with van der Waals surface area (Å²) < 4.78 is 0. The van der Waals surface area contributed by atoms with E-state index in [4.69, 9.17) is 11.6 Å². The molecule has 0 saturated carbocycles. The molecule has 2 aromatic carbocycles. The van der Waals surface area contributed by atoms with Gasteiger partial charge in [0.15, 0.2) is 0 Å². The molecule has 3 rings (SSSR count). The second-order valence-electron chi connectivity index (χ2n) is 6.06. The lowest BCUT2D eigenvalue weighted by molar-refractivity contribution is -0.121. The van der Waals surface area contributed by atoms with Gasteiger partial charge in [0.05, 0.1) is 5.92 Å². The van der Waals surface area contributed by atoms with Gasteiger partial charge in [-0.05, 0) is 43.1 Å². The maximum atomic E-state index is 12.5. The summed E-state index contributed by atoms with van der Waals surface area (Å²) in [5.41, 5.74) is 2.06. The lowest BCUT2D eigenvalue weighted by Crippen LogP contribution is -2.40. The molecule has 0 spiro atoms. The number of benzene rings is 2. The van der Waals surface area contributed by atoms with Gasteiger partial charge in [0, 0.05) is 23.8 Å². The minimum Gasteiger partial charge on any atom is -0.326 e. The Kier molecular flexibility index (Phi) is 5.31. The Morgan fingerprint density at radius 3 is 2.78 bits per heavy atom. The summed E-state index contributed by atoms with van der Waals surface area (Å²) in [5.74, 6) is 0.122. The highest BCUT2D eigenvalue weighted by molar-refractivity contribution is 6.30. The molecule has 1 atom stereocenters. The molecule has 0 aromatic heterocycles. The molecule has 1 fully saturated rings. The number of piperidine rings is 1. The number of hydrogen-bond acceptors (Lipinski definition) is 2. The van der Waals surface area contributed by atoms with Crippen LogP contribution in [0, 0.1) is 5.92 Å². The topological polar surface area (TPSA) is 32.3 Å². The van der Waals surface area contributed by atoms with Crippen molar-refractivity contribution in [2.24, 2.45) is 5.92 Å². The van der Waals surface area contributed by atoms with E-state index in [9.17, 15) is 4.79 Å². The zero-order valence-corrected chi connectivity index (χ0v) is 13.8. The third-order valence-corrected chi connectivity index (χ3v) is 4.45. The lowest BCUT2D eigenvalue weighted by atomic mass is 9.96. The van der Waals surface area contributed by atoms with Gasteiger partial charge in [-0.3, -0.25) is 9.69 Å². The molecule has 1 N–H and O–H groups in total. The van der Waals surface area contributed by atoms with E-state index in [1.165, 1.54) is 5.56 Å². The number of carbonyl (C=O) groups is 1. The summed E-state index contributed by atoms with van der Waals surface area (Å²) >= 11 is 5.97. The number of nitrogens with zero attached hydrogens (tertiary/aromatic N) is 1. The number of halogens is 1. The molecular weight excluding hydrogens is 308 g/mol. The average molecular weight is 329 g/mol. The molecule has 0 bridgehead atoms. The standard InChI is InChI=1S/C19H21ClN2O/c20-17-9-4-10-18(12-17)21-19(23)16-8-5-11-22(14-16)13-15-6-2-1-3-7-15/h1-4,6-7,9-10,12,16H,5,8,11,13-14H2,(H,21,23)/t16-/m0/s1. The van der Waals surface area contributed by atoms with Crippen molar-refractivity contribution >= 4 is 23.2 Å². The molecule has 4 heteroatoms. The fourth-order valence-electron chi connectivity index (χ4n) is 3.07. The number of likely N-dealkylation sites (tertiary alicyclic amines) is 1. The maximum absolute atomic E-state index is 12.5. The molecule has 0 radical (unpaired) electrons. The van der Waals surface area contributed by atoms with Crippen molar-refractivity contribution in [2.45, 2.75) is 19.4 Å². The van der Waals surface area contributed by atoms with E-state index in [0.717, 1.165) is 38.2 Å². The molecule has 0 aliphatic carbocycles. The molecular formula is C19H21ClN2O. The Morgan fingerprint density at radius 2 is 2.00 bits per heavy atom. The Hall–Kier alpha value is -1.84. The lowest BCUT2D eigenvalue weighted by Gasteiger charge is -2.32. The van der Waals surface area contributed by atoms with E-state index < -0.39 is 0 Å². The summed E-state index contributed by atoms with van der Waals surface area (Å²) in [6.45, 7) is 2.76. The minimum atomic E-state index is 0.0337. The third-order valence-electron chi connectivity index (χ3n) is 4.22. The highest BCUT2D eigenvalue weighted by Gasteiger charge is 2.25. The van der Waals surface area contributed by atoms with Crippen LogP contribution in [-0.2, 0) is 11.3 Å². The summed E-state index contributed by atoms with van der Waals surface area (Å²) in [6.07, 6.45) is 2.00. The van der Waals surface area contributed by atoms with Gasteiger partial charge in [-0.2, -0.15) is 0 Å². The van der Waals surface area contributed by atoms with Crippen molar-refractivity contribution in [3.63, 3.8) is 0 Å². The Balaban J connectivity index is 1.58. The second kappa shape index (κ2) is 7.62. The SMILES string of the molecule is O=C(Nc1cccc(Cl)c1)[C@H]1CCCN(Cc2ccccc2)C1. The molecule has 3 nitrogen and oxygen atoms in total. The van der Waals surface area contributed by atoms with Crippen LogP contribution in [0.15, 0.2) is 54.6 Å². The van der Waals surface area contributed by atoms with Gasteiger partial charge in [-0.25, -0.2) is 0 Å². The van der Waals surface area contributed by atoms with E-state index in [2.05, 4.69) is 34.5 Å². The van der Waals surface area contributed by atoms with Crippen molar-refractivity contribution in [3.05, 3.63) is 65.2 Å². The van der Waals surface area contributed by atoms with Gasteiger partial charge in [0.2, 0.25) is 5.91 Å². The number of hydrogen-bond donors (Lipinski definition) is 1. The minimum absolute atomic E-state index is 0.0337. The fraction of sp³-hybridized carbons (Fsp3) is 0.316. The Morgan fingerprint density at radius 1 is 1.17 bits per heavy atom. The van der Waals surface area contributed by atoms with E-state index in [1.807, 2.05) is 18.2 Å². The summed E-state index contributed by atoms with van der Waals surface area (Å²) in [7, 11) is 0. The highest BCUT2D eigenvalue weighted by Crippen LogP contribution is 2.21. The number of amides is 1. The summed E-state index contributed by atoms with van der Waals surface area (Å²) in [4.78, 5) is 14.9. The van der Waals surface area contributed by atoms with E-state index in [-0.39, 0.29) is 11.8 Å². The quantitative estimate of drug-likeness (QED) is 0.912. The number of nitrogens with one attached hydrogen (secondary N) is 1. The average Bonchev–Trinajstić information content (AvgIpc) is 2.56. The van der Waals surface area contributed by atoms with Crippen LogP contribution >= 0.6 is 11.6 Å². The van der Waals surface area contributed by atoms with Crippen molar-refractivity contribution in [3.8, 4) is 0 Å². The van der Waals surface area contributed by atoms with Gasteiger partial charge >= 0.3 is 0 Å². The largest absolute Gasteiger partial charge is 0.326 e. The van der Waals surface area contributed by atoms with Crippen LogP contribution in [-0.4, -0.2) is 23.9 Å². The van der Waals surface area contributed by atoms with Crippen molar-refractivity contribution in [1.82, 2.24) is 4.90 Å². The van der Waals surface area contributed by atoms with Crippen LogP contribution in [0.5, 0.6) is 0 Å². The van der Waals surface area contributed by atoms with E-state index in [1.54, 1.807) is 12.1 Å². The normalized spacial score (nSPS) is 18.6. The summed E-state index contributed by atoms with van der Waals surface area (Å²) in [6, 6.07) is 17.7. The van der Waals surface area contributed by atoms with Crippen LogP contribution in [0.4, 0.5) is 5.69 Å². The molecule has 1 heterocycles. The van der Waals surface area contributed by atoms with Crippen LogP contribution in [0.2, 0.25) is 5.02 Å². The zero-order chi connectivity index (χ0) is 16.1. The van der Waals surface area contributed by atoms with Crippen LogP contribution < -0.4 is 5.32 Å². The van der Waals surface area contributed by atoms with Gasteiger partial charge in [0.25, 0.3) is 0 Å². The zero-order valence-electron chi connectivity index (χ0n) is 13.0. The maximum Gasteiger partial charge on any atom is 0.228 e. The Bertz CT molecular complexity index is 659. The third kappa shape index (κ3) is 4.57. The molecule has 1 saturated heterocycles.